The highest BCUT2D eigenvalue weighted by Gasteiger charge is 2.41. The highest BCUT2D eigenvalue weighted by Crippen LogP contribution is 2.41. The van der Waals surface area contributed by atoms with Crippen LogP contribution in [0.15, 0.2) is 48.5 Å². The molecule has 1 heterocycles. The zero-order valence-electron chi connectivity index (χ0n) is 15.3. The molecule has 0 aromatic heterocycles. The van der Waals surface area contributed by atoms with Gasteiger partial charge in [0, 0.05) is 30.7 Å². The number of carbonyl (C=O) groups excluding carboxylic acids is 1. The van der Waals surface area contributed by atoms with E-state index >= 15 is 0 Å². The largest absolute Gasteiger partial charge is 0.493 e. The molecule has 1 aliphatic heterocycles. The molecule has 1 amide bonds. The van der Waals surface area contributed by atoms with Gasteiger partial charge in [0.25, 0.3) is 5.91 Å². The lowest BCUT2D eigenvalue weighted by Gasteiger charge is -2.30. The molecule has 26 heavy (non-hydrogen) atoms. The third kappa shape index (κ3) is 3.40. The second kappa shape index (κ2) is 7.79. The van der Waals surface area contributed by atoms with Crippen LogP contribution < -0.4 is 9.47 Å². The highest BCUT2D eigenvalue weighted by atomic mass is 16.5. The van der Waals surface area contributed by atoms with Crippen molar-refractivity contribution >= 4 is 5.91 Å². The molecule has 0 radical (unpaired) electrons. The van der Waals surface area contributed by atoms with Crippen molar-refractivity contribution in [1.29, 1.82) is 0 Å². The molecule has 0 spiro atoms. The van der Waals surface area contributed by atoms with Gasteiger partial charge in [-0.15, -0.1) is 0 Å². The number of ether oxygens (including phenoxy) is 2. The Hall–Kier alpha value is -2.53. The quantitative estimate of drug-likeness (QED) is 0.866. The molecule has 138 valence electrons. The normalized spacial score (nSPS) is 19.4. The molecule has 0 aliphatic carbocycles. The SMILES string of the molecule is COc1ccc(C2(CCO)CCN(C(=O)c3ccccc3)C2)cc1OC. The number of likely N-dealkylation sites (tertiary alicyclic amines) is 1. The van der Waals surface area contributed by atoms with Crippen molar-refractivity contribution in [2.45, 2.75) is 18.3 Å². The van der Waals surface area contributed by atoms with E-state index in [-0.39, 0.29) is 17.9 Å². The fraction of sp³-hybridized carbons (Fsp3) is 0.381. The van der Waals surface area contributed by atoms with E-state index in [1.54, 1.807) is 14.2 Å². The standard InChI is InChI=1S/C21H25NO4/c1-25-18-9-8-17(14-19(18)26-2)21(11-13-23)10-12-22(15-21)20(24)16-6-4-3-5-7-16/h3-9,14,23H,10-13,15H2,1-2H3. The van der Waals surface area contributed by atoms with E-state index in [0.717, 1.165) is 12.0 Å². The van der Waals surface area contributed by atoms with Crippen LogP contribution in [0, 0.1) is 0 Å². The van der Waals surface area contributed by atoms with Gasteiger partial charge in [-0.1, -0.05) is 24.3 Å². The van der Waals surface area contributed by atoms with Crippen molar-refractivity contribution in [3.8, 4) is 11.5 Å². The lowest BCUT2D eigenvalue weighted by Crippen LogP contribution is -2.35. The number of carbonyl (C=O) groups is 1. The van der Waals surface area contributed by atoms with Gasteiger partial charge in [0.1, 0.15) is 0 Å². The number of nitrogens with zero attached hydrogens (tertiary/aromatic N) is 1. The Morgan fingerprint density at radius 3 is 2.50 bits per heavy atom. The van der Waals surface area contributed by atoms with Crippen molar-refractivity contribution < 1.29 is 19.4 Å². The van der Waals surface area contributed by atoms with E-state index in [1.807, 2.05) is 53.4 Å². The smallest absolute Gasteiger partial charge is 0.253 e. The summed E-state index contributed by atoms with van der Waals surface area (Å²) < 4.78 is 10.8. The van der Waals surface area contributed by atoms with Crippen LogP contribution in [-0.4, -0.2) is 49.8 Å². The number of aliphatic hydroxyl groups excluding tert-OH is 1. The molecule has 1 aliphatic rings. The fourth-order valence-electron chi connectivity index (χ4n) is 3.77. The number of hydrogen-bond acceptors (Lipinski definition) is 4. The van der Waals surface area contributed by atoms with Crippen molar-refractivity contribution in [2.75, 3.05) is 33.9 Å². The molecule has 3 rings (SSSR count). The van der Waals surface area contributed by atoms with Crippen LogP contribution in [0.4, 0.5) is 0 Å². The van der Waals surface area contributed by atoms with Gasteiger partial charge in [-0.25, -0.2) is 0 Å². The number of methoxy groups -OCH3 is 2. The van der Waals surface area contributed by atoms with Crippen LogP contribution in [0.3, 0.4) is 0 Å². The maximum absolute atomic E-state index is 12.8. The molecule has 1 atom stereocenters. The Bertz CT molecular complexity index is 762. The maximum Gasteiger partial charge on any atom is 0.253 e. The van der Waals surface area contributed by atoms with Crippen LogP contribution in [0.1, 0.15) is 28.8 Å². The molecule has 2 aromatic rings. The highest BCUT2D eigenvalue weighted by molar-refractivity contribution is 5.94. The predicted molar refractivity (Wildman–Crippen MR) is 99.9 cm³/mol. The lowest BCUT2D eigenvalue weighted by atomic mass is 9.77. The third-order valence-electron chi connectivity index (χ3n) is 5.25. The average Bonchev–Trinajstić information content (AvgIpc) is 3.13. The zero-order chi connectivity index (χ0) is 18.6. The van der Waals surface area contributed by atoms with Gasteiger partial charge >= 0.3 is 0 Å². The van der Waals surface area contributed by atoms with Crippen molar-refractivity contribution in [3.05, 3.63) is 59.7 Å². The van der Waals surface area contributed by atoms with Crippen LogP contribution in [0.25, 0.3) is 0 Å². The van der Waals surface area contributed by atoms with Gasteiger partial charge in [-0.2, -0.15) is 0 Å². The molecular weight excluding hydrogens is 330 g/mol. The summed E-state index contributed by atoms with van der Waals surface area (Å²) in [5.41, 5.74) is 1.48. The van der Waals surface area contributed by atoms with Gasteiger partial charge in [-0.3, -0.25) is 4.79 Å². The summed E-state index contributed by atoms with van der Waals surface area (Å²) in [7, 11) is 3.22. The Labute approximate surface area is 154 Å². The first-order valence-electron chi connectivity index (χ1n) is 8.81. The van der Waals surface area contributed by atoms with Crippen molar-refractivity contribution in [2.24, 2.45) is 0 Å². The van der Waals surface area contributed by atoms with Gasteiger partial charge in [0.2, 0.25) is 0 Å². The minimum atomic E-state index is -0.279. The summed E-state index contributed by atoms with van der Waals surface area (Å²) >= 11 is 0. The third-order valence-corrected chi connectivity index (χ3v) is 5.25. The van der Waals surface area contributed by atoms with E-state index in [4.69, 9.17) is 9.47 Å². The molecule has 0 bridgehead atoms. The topological polar surface area (TPSA) is 59.0 Å². The first kappa shape index (κ1) is 18.3. The average molecular weight is 355 g/mol. The number of amides is 1. The van der Waals surface area contributed by atoms with E-state index in [2.05, 4.69) is 0 Å². The molecule has 2 aromatic carbocycles. The van der Waals surface area contributed by atoms with Gasteiger partial charge < -0.3 is 19.5 Å². The molecule has 0 saturated carbocycles. The number of hydrogen-bond donors (Lipinski definition) is 1. The van der Waals surface area contributed by atoms with Crippen molar-refractivity contribution in [3.63, 3.8) is 0 Å². The predicted octanol–water partition coefficient (Wildman–Crippen LogP) is 2.87. The Balaban J connectivity index is 1.89. The fourth-order valence-corrected chi connectivity index (χ4v) is 3.77. The lowest BCUT2D eigenvalue weighted by molar-refractivity contribution is 0.0779. The molecule has 5 heteroatoms. The summed E-state index contributed by atoms with van der Waals surface area (Å²) in [5.74, 6) is 1.37. The van der Waals surface area contributed by atoms with Crippen LogP contribution in [-0.2, 0) is 5.41 Å². The first-order valence-corrected chi connectivity index (χ1v) is 8.81. The summed E-state index contributed by atoms with van der Waals surface area (Å²) in [6, 6.07) is 15.2. The second-order valence-corrected chi connectivity index (χ2v) is 6.67. The molecule has 1 N–H and O–H groups in total. The monoisotopic (exact) mass is 355 g/mol. The first-order chi connectivity index (χ1) is 12.6. The second-order valence-electron chi connectivity index (χ2n) is 6.67. The number of benzene rings is 2. The molecule has 1 unspecified atom stereocenters. The van der Waals surface area contributed by atoms with E-state index in [1.165, 1.54) is 0 Å². The summed E-state index contributed by atoms with van der Waals surface area (Å²) in [4.78, 5) is 14.7. The van der Waals surface area contributed by atoms with Gasteiger partial charge in [-0.05, 0) is 42.7 Å². The van der Waals surface area contributed by atoms with Crippen LogP contribution >= 0.6 is 0 Å². The molecular formula is C21H25NO4. The minimum absolute atomic E-state index is 0.0332. The Morgan fingerprint density at radius 1 is 1.12 bits per heavy atom. The number of aliphatic hydroxyl groups is 1. The van der Waals surface area contributed by atoms with Crippen LogP contribution in [0.5, 0.6) is 11.5 Å². The van der Waals surface area contributed by atoms with E-state index in [9.17, 15) is 9.90 Å². The summed E-state index contributed by atoms with van der Waals surface area (Å²) in [5, 5.41) is 9.66. The van der Waals surface area contributed by atoms with E-state index in [0.29, 0.717) is 36.6 Å². The molecule has 1 saturated heterocycles. The molecule has 5 nitrogen and oxygen atoms in total. The van der Waals surface area contributed by atoms with Gasteiger partial charge in [0.05, 0.1) is 14.2 Å². The zero-order valence-corrected chi connectivity index (χ0v) is 15.3. The maximum atomic E-state index is 12.8. The Morgan fingerprint density at radius 2 is 1.85 bits per heavy atom. The molecule has 1 fully saturated rings. The summed E-state index contributed by atoms with van der Waals surface area (Å²) in [6.45, 7) is 1.32. The minimum Gasteiger partial charge on any atom is -0.493 e. The number of rotatable bonds is 6. The van der Waals surface area contributed by atoms with Gasteiger partial charge in [0.15, 0.2) is 11.5 Å². The summed E-state index contributed by atoms with van der Waals surface area (Å²) in [6.07, 6.45) is 1.41. The Kier molecular flexibility index (Phi) is 5.47. The van der Waals surface area contributed by atoms with Crippen LogP contribution in [0.2, 0.25) is 0 Å². The van der Waals surface area contributed by atoms with E-state index < -0.39 is 0 Å². The van der Waals surface area contributed by atoms with Crippen molar-refractivity contribution in [1.82, 2.24) is 4.90 Å².